The first-order valence-electron chi connectivity index (χ1n) is 6.91. The second-order valence-electron chi connectivity index (χ2n) is 4.71. The average Bonchev–Trinajstić information content (AvgIpc) is 2.60. The molecule has 0 aliphatic heterocycles. The van der Waals surface area contributed by atoms with E-state index in [9.17, 15) is 4.57 Å². The predicted molar refractivity (Wildman–Crippen MR) is 98.6 cm³/mol. The molecule has 0 fully saturated rings. The molecular weight excluding hydrogens is 463 g/mol. The van der Waals surface area contributed by atoms with Crippen LogP contribution in [0.15, 0.2) is 45.3 Å². The minimum absolute atomic E-state index is 0.169. The average molecular weight is 479 g/mol. The van der Waals surface area contributed by atoms with Crippen LogP contribution >= 0.6 is 40.1 Å². The zero-order valence-corrected chi connectivity index (χ0v) is 17.2. The highest BCUT2D eigenvalue weighted by atomic mass is 79.9. The quantitative estimate of drug-likeness (QED) is 0.461. The minimum atomic E-state index is -2.23. The third-order valence-corrected chi connectivity index (χ3v) is 5.09. The van der Waals surface area contributed by atoms with Crippen LogP contribution in [0.3, 0.4) is 0 Å². The molecule has 0 aliphatic carbocycles. The lowest BCUT2D eigenvalue weighted by molar-refractivity contribution is 0.212. The van der Waals surface area contributed by atoms with Crippen LogP contribution in [0.5, 0.6) is 11.5 Å². The van der Waals surface area contributed by atoms with Gasteiger partial charge in [0.25, 0.3) is 0 Å². The van der Waals surface area contributed by atoms with Gasteiger partial charge in [-0.25, -0.2) is 0 Å². The minimum Gasteiger partial charge on any atom is -0.496 e. The van der Waals surface area contributed by atoms with Crippen molar-refractivity contribution in [3.63, 3.8) is 0 Å². The molecule has 0 N–H and O–H groups in total. The standard InChI is InChI=1S/C16H16Br2O5P/c1-20-15-7-11(3-5-13(15)17)9-22-24(19)23-10-12-4-6-14(18)16(8-12)21-2/h3-8H,9-10H2,1-2H3/q+1. The van der Waals surface area contributed by atoms with Crippen molar-refractivity contribution in [3.05, 3.63) is 56.5 Å². The molecule has 0 bridgehead atoms. The molecule has 24 heavy (non-hydrogen) atoms. The first kappa shape index (κ1) is 19.3. The van der Waals surface area contributed by atoms with Crippen molar-refractivity contribution in [3.8, 4) is 11.5 Å². The van der Waals surface area contributed by atoms with Crippen molar-refractivity contribution in [2.75, 3.05) is 14.2 Å². The van der Waals surface area contributed by atoms with Crippen LogP contribution in [0.25, 0.3) is 0 Å². The van der Waals surface area contributed by atoms with Gasteiger partial charge in [-0.15, -0.1) is 9.05 Å². The van der Waals surface area contributed by atoms with Crippen molar-refractivity contribution in [1.29, 1.82) is 0 Å². The molecule has 0 amide bonds. The number of hydrogen-bond donors (Lipinski definition) is 0. The van der Waals surface area contributed by atoms with Gasteiger partial charge in [0.1, 0.15) is 24.7 Å². The smallest absolute Gasteiger partial charge is 0.496 e. The maximum Gasteiger partial charge on any atom is 0.698 e. The van der Waals surface area contributed by atoms with Gasteiger partial charge in [-0.2, -0.15) is 0 Å². The van der Waals surface area contributed by atoms with E-state index in [0.717, 1.165) is 20.1 Å². The lowest BCUT2D eigenvalue weighted by Gasteiger charge is -2.05. The van der Waals surface area contributed by atoms with Crippen LogP contribution in [-0.4, -0.2) is 14.2 Å². The summed E-state index contributed by atoms with van der Waals surface area (Å²) in [4.78, 5) is 0. The Hall–Kier alpha value is -0.980. The van der Waals surface area contributed by atoms with Crippen LogP contribution in [0.4, 0.5) is 0 Å². The van der Waals surface area contributed by atoms with Gasteiger partial charge in [-0.05, 0) is 67.3 Å². The highest BCUT2D eigenvalue weighted by Gasteiger charge is 2.21. The normalized spacial score (nSPS) is 10.5. The van der Waals surface area contributed by atoms with E-state index in [0.29, 0.717) is 11.5 Å². The molecule has 2 rings (SSSR count). The molecule has 0 saturated carbocycles. The number of hydrogen-bond acceptors (Lipinski definition) is 5. The Morgan fingerprint density at radius 1 is 0.833 bits per heavy atom. The molecule has 0 saturated heterocycles. The van der Waals surface area contributed by atoms with E-state index in [2.05, 4.69) is 31.9 Å². The summed E-state index contributed by atoms with van der Waals surface area (Å²) in [5.41, 5.74) is 1.68. The zero-order chi connectivity index (χ0) is 17.5. The molecule has 0 spiro atoms. The molecular formula is C16H16Br2O5P+. The summed E-state index contributed by atoms with van der Waals surface area (Å²) in [7, 11) is 0.942. The predicted octanol–water partition coefficient (Wildman–Crippen LogP) is 5.62. The van der Waals surface area contributed by atoms with Crippen molar-refractivity contribution >= 4 is 40.1 Å². The van der Waals surface area contributed by atoms with Gasteiger partial charge in [-0.3, -0.25) is 0 Å². The van der Waals surface area contributed by atoms with Gasteiger partial charge in [0.05, 0.1) is 23.2 Å². The molecule has 128 valence electrons. The van der Waals surface area contributed by atoms with E-state index in [-0.39, 0.29) is 13.2 Å². The Bertz CT molecular complexity index is 664. The Labute approximate surface area is 158 Å². The van der Waals surface area contributed by atoms with Crippen LogP contribution in [0.1, 0.15) is 11.1 Å². The molecule has 0 unspecified atom stereocenters. The molecule has 0 aromatic heterocycles. The summed E-state index contributed by atoms with van der Waals surface area (Å²) >= 11 is 6.75. The highest BCUT2D eigenvalue weighted by molar-refractivity contribution is 9.10. The Balaban J connectivity index is 1.85. The van der Waals surface area contributed by atoms with Crippen LogP contribution in [0.2, 0.25) is 0 Å². The maximum absolute atomic E-state index is 11.9. The Kier molecular flexibility index (Phi) is 7.65. The van der Waals surface area contributed by atoms with Crippen molar-refractivity contribution in [2.45, 2.75) is 13.2 Å². The van der Waals surface area contributed by atoms with Gasteiger partial charge in [0.2, 0.25) is 0 Å². The second kappa shape index (κ2) is 9.49. The van der Waals surface area contributed by atoms with E-state index < -0.39 is 8.25 Å². The van der Waals surface area contributed by atoms with Crippen LogP contribution in [-0.2, 0) is 26.8 Å². The van der Waals surface area contributed by atoms with Crippen molar-refractivity contribution in [2.24, 2.45) is 0 Å². The molecule has 0 heterocycles. The SMILES string of the molecule is COc1cc(CO[P+](=O)OCc2ccc(Br)c(OC)c2)ccc1Br. The number of halogens is 2. The second-order valence-corrected chi connectivity index (χ2v) is 7.38. The maximum atomic E-state index is 11.9. The van der Waals surface area contributed by atoms with E-state index in [1.54, 1.807) is 14.2 Å². The fourth-order valence-electron chi connectivity index (χ4n) is 1.88. The topological polar surface area (TPSA) is 54.0 Å². The third kappa shape index (κ3) is 5.53. The Morgan fingerprint density at radius 3 is 1.62 bits per heavy atom. The summed E-state index contributed by atoms with van der Waals surface area (Å²) in [5.74, 6) is 1.38. The lowest BCUT2D eigenvalue weighted by Crippen LogP contribution is -1.93. The Morgan fingerprint density at radius 2 is 1.25 bits per heavy atom. The van der Waals surface area contributed by atoms with Crippen molar-refractivity contribution in [1.82, 2.24) is 0 Å². The first-order valence-corrected chi connectivity index (χ1v) is 9.59. The van der Waals surface area contributed by atoms with E-state index in [1.165, 1.54) is 0 Å². The van der Waals surface area contributed by atoms with E-state index in [4.69, 9.17) is 18.5 Å². The third-order valence-electron chi connectivity index (χ3n) is 3.10. The fraction of sp³-hybridized carbons (Fsp3) is 0.250. The number of ether oxygens (including phenoxy) is 2. The first-order chi connectivity index (χ1) is 11.5. The van der Waals surface area contributed by atoms with Crippen LogP contribution in [0, 0.1) is 0 Å². The summed E-state index contributed by atoms with van der Waals surface area (Å²) in [6.07, 6.45) is 0. The zero-order valence-electron chi connectivity index (χ0n) is 13.1. The van der Waals surface area contributed by atoms with Gasteiger partial charge < -0.3 is 9.47 Å². The monoisotopic (exact) mass is 477 g/mol. The fourth-order valence-corrected chi connectivity index (χ4v) is 3.28. The molecule has 0 aliphatic rings. The van der Waals surface area contributed by atoms with E-state index >= 15 is 0 Å². The molecule has 0 radical (unpaired) electrons. The number of rotatable bonds is 8. The molecule has 8 heteroatoms. The van der Waals surface area contributed by atoms with E-state index in [1.807, 2.05) is 36.4 Å². The van der Waals surface area contributed by atoms with Gasteiger partial charge >= 0.3 is 8.25 Å². The summed E-state index contributed by atoms with van der Waals surface area (Å²) in [6, 6.07) is 11.0. The molecule has 2 aromatic carbocycles. The van der Waals surface area contributed by atoms with Gasteiger partial charge in [0.15, 0.2) is 0 Å². The largest absolute Gasteiger partial charge is 0.698 e. The van der Waals surface area contributed by atoms with Gasteiger partial charge in [0, 0.05) is 4.57 Å². The number of benzene rings is 2. The number of methoxy groups -OCH3 is 2. The highest BCUT2D eigenvalue weighted by Crippen LogP contribution is 2.32. The van der Waals surface area contributed by atoms with Crippen LogP contribution < -0.4 is 9.47 Å². The molecule has 0 atom stereocenters. The summed E-state index contributed by atoms with van der Waals surface area (Å²) in [5, 5.41) is 0. The lowest BCUT2D eigenvalue weighted by atomic mass is 10.2. The van der Waals surface area contributed by atoms with Crippen molar-refractivity contribution < 1.29 is 23.1 Å². The summed E-state index contributed by atoms with van der Waals surface area (Å²) < 4.78 is 34.5. The van der Waals surface area contributed by atoms with Gasteiger partial charge in [-0.1, -0.05) is 12.1 Å². The summed E-state index contributed by atoms with van der Waals surface area (Å²) in [6.45, 7) is 0.338. The molecule has 5 nitrogen and oxygen atoms in total. The molecule has 2 aromatic rings.